The van der Waals surface area contributed by atoms with Crippen molar-refractivity contribution >= 4 is 17.5 Å². The van der Waals surface area contributed by atoms with Crippen LogP contribution in [-0.4, -0.2) is 17.5 Å². The summed E-state index contributed by atoms with van der Waals surface area (Å²) in [5.41, 5.74) is 1.75. The second kappa shape index (κ2) is 7.31. The number of esters is 1. The molecule has 2 aromatic carbocycles. The number of hydrogen-bond donors (Lipinski definition) is 0. The van der Waals surface area contributed by atoms with Gasteiger partial charge in [-0.25, -0.2) is 4.79 Å². The minimum atomic E-state index is -0.899. The van der Waals surface area contributed by atoms with Gasteiger partial charge in [-0.1, -0.05) is 48.5 Å². The average Bonchev–Trinajstić information content (AvgIpc) is 2.52. The maximum atomic E-state index is 12.0. The van der Waals surface area contributed by atoms with E-state index >= 15 is 0 Å². The SMILES string of the molecule is CC(=O)Cc1cccc(C(=O)C(=O)OCc2ccccc2)c1. The fourth-order valence-electron chi connectivity index (χ4n) is 2.02. The molecule has 0 radical (unpaired) electrons. The van der Waals surface area contributed by atoms with Crippen LogP contribution >= 0.6 is 0 Å². The molecule has 0 atom stereocenters. The Morgan fingerprint density at radius 3 is 2.27 bits per heavy atom. The molecule has 0 spiro atoms. The molecule has 0 fully saturated rings. The molecule has 4 heteroatoms. The summed E-state index contributed by atoms with van der Waals surface area (Å²) >= 11 is 0. The highest BCUT2D eigenvalue weighted by Gasteiger charge is 2.18. The lowest BCUT2D eigenvalue weighted by Crippen LogP contribution is -2.17. The van der Waals surface area contributed by atoms with Gasteiger partial charge in [-0.05, 0) is 24.1 Å². The molecular formula is C18H16O4. The summed E-state index contributed by atoms with van der Waals surface area (Å²) in [6.07, 6.45) is 0.236. The van der Waals surface area contributed by atoms with Crippen LogP contribution < -0.4 is 0 Å². The lowest BCUT2D eigenvalue weighted by Gasteiger charge is -2.05. The van der Waals surface area contributed by atoms with E-state index in [-0.39, 0.29) is 24.4 Å². The van der Waals surface area contributed by atoms with Crippen molar-refractivity contribution in [2.24, 2.45) is 0 Å². The molecule has 0 heterocycles. The topological polar surface area (TPSA) is 60.4 Å². The van der Waals surface area contributed by atoms with Gasteiger partial charge in [0.15, 0.2) is 0 Å². The van der Waals surface area contributed by atoms with Gasteiger partial charge >= 0.3 is 5.97 Å². The molecule has 2 rings (SSSR count). The molecule has 0 N–H and O–H groups in total. The Morgan fingerprint density at radius 2 is 1.59 bits per heavy atom. The number of hydrogen-bond acceptors (Lipinski definition) is 4. The van der Waals surface area contributed by atoms with Gasteiger partial charge in [0.2, 0.25) is 0 Å². The summed E-state index contributed by atoms with van der Waals surface area (Å²) < 4.78 is 5.01. The van der Waals surface area contributed by atoms with Gasteiger partial charge in [0, 0.05) is 12.0 Å². The van der Waals surface area contributed by atoms with E-state index in [1.54, 1.807) is 18.2 Å². The Kier molecular flexibility index (Phi) is 5.20. The van der Waals surface area contributed by atoms with Crippen molar-refractivity contribution in [3.63, 3.8) is 0 Å². The summed E-state index contributed by atoms with van der Waals surface area (Å²) in [5.74, 6) is -1.61. The molecule has 2 aromatic rings. The standard InChI is InChI=1S/C18H16O4/c1-13(19)10-15-8-5-9-16(11-15)17(20)18(21)22-12-14-6-3-2-4-7-14/h2-9,11H,10,12H2,1H3. The van der Waals surface area contributed by atoms with Crippen LogP contribution in [0.3, 0.4) is 0 Å². The maximum absolute atomic E-state index is 12.0. The Hall–Kier alpha value is -2.75. The van der Waals surface area contributed by atoms with E-state index in [1.807, 2.05) is 30.3 Å². The number of carbonyl (C=O) groups excluding carboxylic acids is 3. The first-order valence-corrected chi connectivity index (χ1v) is 6.90. The van der Waals surface area contributed by atoms with Crippen LogP contribution in [0.15, 0.2) is 54.6 Å². The molecule has 0 aliphatic heterocycles. The van der Waals surface area contributed by atoms with Gasteiger partial charge in [-0.15, -0.1) is 0 Å². The quantitative estimate of drug-likeness (QED) is 0.467. The van der Waals surface area contributed by atoms with Gasteiger partial charge in [-0.3, -0.25) is 9.59 Å². The summed E-state index contributed by atoms with van der Waals surface area (Å²) in [6, 6.07) is 15.6. The molecule has 0 aliphatic carbocycles. The van der Waals surface area contributed by atoms with Crippen molar-refractivity contribution in [3.8, 4) is 0 Å². The van der Waals surface area contributed by atoms with Crippen LogP contribution in [0, 0.1) is 0 Å². The third-order valence-corrected chi connectivity index (χ3v) is 3.04. The van der Waals surface area contributed by atoms with Crippen LogP contribution in [-0.2, 0) is 27.4 Å². The molecule has 0 aliphatic rings. The highest BCUT2D eigenvalue weighted by Crippen LogP contribution is 2.09. The average molecular weight is 296 g/mol. The number of benzene rings is 2. The minimum absolute atomic E-state index is 0.00347. The lowest BCUT2D eigenvalue weighted by molar-refractivity contribution is -0.139. The predicted molar refractivity (Wildman–Crippen MR) is 81.4 cm³/mol. The maximum Gasteiger partial charge on any atom is 0.380 e. The van der Waals surface area contributed by atoms with E-state index in [0.717, 1.165) is 5.56 Å². The first kappa shape index (κ1) is 15.6. The minimum Gasteiger partial charge on any atom is -0.455 e. The number of carbonyl (C=O) groups is 3. The van der Waals surface area contributed by atoms with E-state index in [0.29, 0.717) is 5.56 Å². The smallest absolute Gasteiger partial charge is 0.380 e. The van der Waals surface area contributed by atoms with Crippen molar-refractivity contribution in [3.05, 3.63) is 71.3 Å². The number of rotatable bonds is 6. The second-order valence-electron chi connectivity index (χ2n) is 4.97. The second-order valence-corrected chi connectivity index (χ2v) is 4.97. The molecule has 0 bridgehead atoms. The van der Waals surface area contributed by atoms with Gasteiger partial charge in [0.05, 0.1) is 0 Å². The third-order valence-electron chi connectivity index (χ3n) is 3.04. The highest BCUT2D eigenvalue weighted by molar-refractivity contribution is 6.40. The van der Waals surface area contributed by atoms with Gasteiger partial charge in [0.1, 0.15) is 12.4 Å². The van der Waals surface area contributed by atoms with Crippen molar-refractivity contribution in [1.29, 1.82) is 0 Å². The molecule has 0 unspecified atom stereocenters. The summed E-state index contributed by atoms with van der Waals surface area (Å²) in [6.45, 7) is 1.53. The van der Waals surface area contributed by atoms with Gasteiger partial charge < -0.3 is 4.74 Å². The van der Waals surface area contributed by atoms with Crippen molar-refractivity contribution in [2.45, 2.75) is 20.0 Å². The van der Waals surface area contributed by atoms with E-state index in [4.69, 9.17) is 4.74 Å². The molecule has 22 heavy (non-hydrogen) atoms. The van der Waals surface area contributed by atoms with Crippen molar-refractivity contribution in [1.82, 2.24) is 0 Å². The number of ketones is 2. The largest absolute Gasteiger partial charge is 0.455 e. The monoisotopic (exact) mass is 296 g/mol. The molecule has 0 saturated carbocycles. The number of Topliss-reactive ketones (excluding diaryl/α,β-unsaturated/α-hetero) is 2. The zero-order valence-corrected chi connectivity index (χ0v) is 12.2. The Balaban J connectivity index is 2.01. The molecule has 0 aromatic heterocycles. The lowest BCUT2D eigenvalue weighted by atomic mass is 10.0. The van der Waals surface area contributed by atoms with E-state index in [1.165, 1.54) is 13.0 Å². The molecule has 0 amide bonds. The Bertz CT molecular complexity index is 689. The first-order chi connectivity index (χ1) is 10.6. The van der Waals surface area contributed by atoms with Crippen LogP contribution in [0.2, 0.25) is 0 Å². The van der Waals surface area contributed by atoms with Crippen LogP contribution in [0.25, 0.3) is 0 Å². The van der Waals surface area contributed by atoms with Gasteiger partial charge in [0.25, 0.3) is 5.78 Å². The zero-order valence-electron chi connectivity index (χ0n) is 12.2. The summed E-state index contributed by atoms with van der Waals surface area (Å²) in [4.78, 5) is 35.0. The summed E-state index contributed by atoms with van der Waals surface area (Å²) in [7, 11) is 0. The number of ether oxygens (including phenoxy) is 1. The van der Waals surface area contributed by atoms with Crippen LogP contribution in [0.1, 0.15) is 28.4 Å². The zero-order chi connectivity index (χ0) is 15.9. The van der Waals surface area contributed by atoms with Crippen LogP contribution in [0.4, 0.5) is 0 Å². The molecule has 112 valence electrons. The van der Waals surface area contributed by atoms with Crippen molar-refractivity contribution in [2.75, 3.05) is 0 Å². The fourth-order valence-corrected chi connectivity index (χ4v) is 2.02. The van der Waals surface area contributed by atoms with E-state index in [9.17, 15) is 14.4 Å². The molecule has 0 saturated heterocycles. The Labute approximate surface area is 128 Å². The highest BCUT2D eigenvalue weighted by atomic mass is 16.5. The Morgan fingerprint density at radius 1 is 0.909 bits per heavy atom. The van der Waals surface area contributed by atoms with E-state index < -0.39 is 11.8 Å². The summed E-state index contributed by atoms with van der Waals surface area (Å²) in [5, 5.41) is 0. The van der Waals surface area contributed by atoms with E-state index in [2.05, 4.69) is 0 Å². The molecular weight excluding hydrogens is 280 g/mol. The van der Waals surface area contributed by atoms with Crippen molar-refractivity contribution < 1.29 is 19.1 Å². The van der Waals surface area contributed by atoms with Crippen LogP contribution in [0.5, 0.6) is 0 Å². The molecule has 4 nitrogen and oxygen atoms in total. The van der Waals surface area contributed by atoms with Gasteiger partial charge in [-0.2, -0.15) is 0 Å². The third kappa shape index (κ3) is 4.38. The first-order valence-electron chi connectivity index (χ1n) is 6.90. The fraction of sp³-hybridized carbons (Fsp3) is 0.167. The normalized spacial score (nSPS) is 10.0. The predicted octanol–water partition coefficient (Wildman–Crippen LogP) is 2.74.